The minimum Gasteiger partial charge on any atom is -0.497 e. The van der Waals surface area contributed by atoms with Crippen LogP contribution in [0.1, 0.15) is 33.6 Å². The van der Waals surface area contributed by atoms with Crippen LogP contribution in [0.25, 0.3) is 0 Å². The van der Waals surface area contributed by atoms with Gasteiger partial charge in [0.15, 0.2) is 5.78 Å². The van der Waals surface area contributed by atoms with E-state index in [2.05, 4.69) is 26.1 Å². The molecule has 0 amide bonds. The summed E-state index contributed by atoms with van der Waals surface area (Å²) in [5.74, 6) is 1.53. The van der Waals surface area contributed by atoms with Crippen LogP contribution >= 0.6 is 0 Å². The van der Waals surface area contributed by atoms with Gasteiger partial charge in [-0.3, -0.25) is 4.79 Å². The number of fused-ring (bicyclic) bond motifs is 2. The predicted molar refractivity (Wildman–Crippen MR) is 84.3 cm³/mol. The smallest absolute Gasteiger partial charge is 0.167 e. The van der Waals surface area contributed by atoms with Gasteiger partial charge in [-0.1, -0.05) is 20.8 Å². The van der Waals surface area contributed by atoms with Gasteiger partial charge in [0.1, 0.15) is 5.75 Å². The summed E-state index contributed by atoms with van der Waals surface area (Å²) in [5, 5.41) is 3.27. The Kier molecular flexibility index (Phi) is 3.12. The van der Waals surface area contributed by atoms with E-state index in [4.69, 9.17) is 4.74 Å². The first-order valence-corrected chi connectivity index (χ1v) is 7.55. The van der Waals surface area contributed by atoms with Gasteiger partial charge in [-0.15, -0.1) is 0 Å². The van der Waals surface area contributed by atoms with Crippen molar-refractivity contribution >= 4 is 11.5 Å². The van der Waals surface area contributed by atoms with Crippen LogP contribution in [0, 0.1) is 16.7 Å². The molecule has 1 aromatic carbocycles. The molecule has 0 aromatic heterocycles. The van der Waals surface area contributed by atoms with Gasteiger partial charge in [-0.05, 0) is 48.4 Å². The Morgan fingerprint density at radius 1 is 1.24 bits per heavy atom. The molecule has 3 rings (SSSR count). The number of hydrogen-bond donors (Lipinski definition) is 1. The van der Waals surface area contributed by atoms with E-state index in [9.17, 15) is 4.79 Å². The Bertz CT molecular complexity index is 600. The van der Waals surface area contributed by atoms with Crippen LogP contribution in [0.2, 0.25) is 0 Å². The standard InChI is InChI=1S/C18H23NO2/c1-17(2)15-9-10-18(17,3)16(20)14(15)11-19-12-5-7-13(21-4)8-6-12/h5-8,11,15,19H,9-10H2,1-4H3/b14-11-/t15-,18+/m1/s1. The molecule has 2 aliphatic rings. The lowest BCUT2D eigenvalue weighted by atomic mass is 9.70. The van der Waals surface area contributed by atoms with Gasteiger partial charge in [0.25, 0.3) is 0 Å². The summed E-state index contributed by atoms with van der Waals surface area (Å²) in [4.78, 5) is 12.7. The van der Waals surface area contributed by atoms with Crippen molar-refractivity contribution in [2.24, 2.45) is 16.7 Å². The Labute approximate surface area is 126 Å². The summed E-state index contributed by atoms with van der Waals surface area (Å²) in [6, 6.07) is 7.74. The molecule has 3 heteroatoms. The highest BCUT2D eigenvalue weighted by molar-refractivity contribution is 6.04. The van der Waals surface area contributed by atoms with Crippen molar-refractivity contribution in [3.05, 3.63) is 36.0 Å². The van der Waals surface area contributed by atoms with Crippen molar-refractivity contribution in [1.29, 1.82) is 0 Å². The van der Waals surface area contributed by atoms with E-state index in [1.807, 2.05) is 30.5 Å². The van der Waals surface area contributed by atoms with Gasteiger partial charge >= 0.3 is 0 Å². The van der Waals surface area contributed by atoms with Crippen molar-refractivity contribution in [2.75, 3.05) is 12.4 Å². The SMILES string of the molecule is COc1ccc(N/C=C2\C(=O)[C@]3(C)CC[C@H]2C3(C)C)cc1. The van der Waals surface area contributed by atoms with Gasteiger partial charge in [-0.2, -0.15) is 0 Å². The lowest BCUT2D eigenvalue weighted by molar-refractivity contribution is -0.125. The van der Waals surface area contributed by atoms with E-state index in [0.717, 1.165) is 29.9 Å². The third-order valence-electron chi connectivity index (χ3n) is 5.85. The summed E-state index contributed by atoms with van der Waals surface area (Å²) in [6.07, 6.45) is 4.05. The van der Waals surface area contributed by atoms with Crippen molar-refractivity contribution < 1.29 is 9.53 Å². The highest BCUT2D eigenvalue weighted by Gasteiger charge is 2.63. The quantitative estimate of drug-likeness (QED) is 0.853. The average molecular weight is 285 g/mol. The molecule has 112 valence electrons. The first kappa shape index (κ1) is 14.2. The molecule has 0 unspecified atom stereocenters. The number of nitrogens with one attached hydrogen (secondary N) is 1. The van der Waals surface area contributed by atoms with Crippen LogP contribution in [-0.2, 0) is 4.79 Å². The maximum Gasteiger partial charge on any atom is 0.167 e. The summed E-state index contributed by atoms with van der Waals surface area (Å²) in [7, 11) is 1.65. The van der Waals surface area contributed by atoms with E-state index >= 15 is 0 Å². The van der Waals surface area contributed by atoms with Crippen LogP contribution in [0.15, 0.2) is 36.0 Å². The summed E-state index contributed by atoms with van der Waals surface area (Å²) >= 11 is 0. The highest BCUT2D eigenvalue weighted by atomic mass is 16.5. The topological polar surface area (TPSA) is 38.3 Å². The van der Waals surface area contributed by atoms with Crippen molar-refractivity contribution in [3.63, 3.8) is 0 Å². The number of ether oxygens (including phenoxy) is 1. The highest BCUT2D eigenvalue weighted by Crippen LogP contribution is 2.65. The monoisotopic (exact) mass is 285 g/mol. The number of carbonyl (C=O) groups is 1. The molecule has 0 saturated heterocycles. The fourth-order valence-corrected chi connectivity index (χ4v) is 3.94. The zero-order valence-corrected chi connectivity index (χ0v) is 13.2. The second kappa shape index (κ2) is 4.62. The number of carbonyl (C=O) groups excluding carboxylic acids is 1. The van der Waals surface area contributed by atoms with Crippen LogP contribution in [0.3, 0.4) is 0 Å². The number of anilines is 1. The first-order valence-electron chi connectivity index (χ1n) is 7.55. The van der Waals surface area contributed by atoms with Crippen molar-refractivity contribution in [3.8, 4) is 5.75 Å². The number of allylic oxidation sites excluding steroid dienone is 1. The zero-order chi connectivity index (χ0) is 15.3. The lowest BCUT2D eigenvalue weighted by Gasteiger charge is -2.31. The second-order valence-electron chi connectivity index (χ2n) is 6.95. The number of benzene rings is 1. The van der Waals surface area contributed by atoms with E-state index in [1.54, 1.807) is 7.11 Å². The van der Waals surface area contributed by atoms with Gasteiger partial charge in [0.05, 0.1) is 7.11 Å². The molecule has 2 aliphatic carbocycles. The fraction of sp³-hybridized carbons (Fsp3) is 0.500. The first-order chi connectivity index (χ1) is 9.90. The Balaban J connectivity index is 1.83. The zero-order valence-electron chi connectivity index (χ0n) is 13.2. The van der Waals surface area contributed by atoms with Crippen LogP contribution in [-0.4, -0.2) is 12.9 Å². The molecule has 0 aliphatic heterocycles. The van der Waals surface area contributed by atoms with E-state index in [-0.39, 0.29) is 10.8 Å². The Hall–Kier alpha value is -1.77. The molecule has 3 nitrogen and oxygen atoms in total. The maximum atomic E-state index is 12.7. The van der Waals surface area contributed by atoms with Crippen LogP contribution < -0.4 is 10.1 Å². The molecule has 0 radical (unpaired) electrons. The van der Waals surface area contributed by atoms with E-state index in [0.29, 0.717) is 11.7 Å². The maximum absolute atomic E-state index is 12.7. The predicted octanol–water partition coefficient (Wildman–Crippen LogP) is 4.02. The molecule has 2 atom stereocenters. The normalized spacial score (nSPS) is 31.7. The molecular weight excluding hydrogens is 262 g/mol. The molecule has 2 bridgehead atoms. The summed E-state index contributed by atoms with van der Waals surface area (Å²) < 4.78 is 5.15. The molecule has 2 saturated carbocycles. The Morgan fingerprint density at radius 3 is 2.43 bits per heavy atom. The molecule has 0 heterocycles. The summed E-state index contributed by atoms with van der Waals surface area (Å²) in [5.41, 5.74) is 1.81. The number of methoxy groups -OCH3 is 1. The molecule has 0 spiro atoms. The molecule has 2 fully saturated rings. The van der Waals surface area contributed by atoms with Crippen molar-refractivity contribution in [2.45, 2.75) is 33.6 Å². The minimum atomic E-state index is -0.189. The average Bonchev–Trinajstić information content (AvgIpc) is 2.78. The van der Waals surface area contributed by atoms with E-state index < -0.39 is 0 Å². The molecule has 1 aromatic rings. The van der Waals surface area contributed by atoms with Gasteiger partial charge < -0.3 is 10.1 Å². The third kappa shape index (κ3) is 1.90. The van der Waals surface area contributed by atoms with Gasteiger partial charge in [0.2, 0.25) is 0 Å². The lowest BCUT2D eigenvalue weighted by Crippen LogP contribution is -2.32. The third-order valence-corrected chi connectivity index (χ3v) is 5.85. The Morgan fingerprint density at radius 2 is 1.90 bits per heavy atom. The minimum absolute atomic E-state index is 0.0670. The number of Topliss-reactive ketones (excluding diaryl/α,β-unsaturated/α-hetero) is 1. The van der Waals surface area contributed by atoms with E-state index in [1.165, 1.54) is 0 Å². The number of rotatable bonds is 3. The fourth-order valence-electron chi connectivity index (χ4n) is 3.94. The van der Waals surface area contributed by atoms with Crippen LogP contribution in [0.5, 0.6) is 5.75 Å². The van der Waals surface area contributed by atoms with Crippen LogP contribution in [0.4, 0.5) is 5.69 Å². The second-order valence-corrected chi connectivity index (χ2v) is 6.95. The molecule has 1 N–H and O–H groups in total. The number of hydrogen-bond acceptors (Lipinski definition) is 3. The largest absolute Gasteiger partial charge is 0.497 e. The molecular formula is C18H23NO2. The molecule has 21 heavy (non-hydrogen) atoms. The van der Waals surface area contributed by atoms with Crippen molar-refractivity contribution in [1.82, 2.24) is 0 Å². The van der Waals surface area contributed by atoms with Gasteiger partial charge in [-0.25, -0.2) is 0 Å². The summed E-state index contributed by atoms with van der Waals surface area (Å²) in [6.45, 7) is 6.59. The number of ketones is 1. The van der Waals surface area contributed by atoms with Gasteiger partial charge in [0, 0.05) is 22.9 Å².